The first-order valence-corrected chi connectivity index (χ1v) is 8.68. The van der Waals surface area contributed by atoms with E-state index in [0.29, 0.717) is 54.8 Å². The number of amides is 2. The quantitative estimate of drug-likeness (QED) is 0.919. The fraction of sp³-hybridized carbons (Fsp3) is 0.500. The van der Waals surface area contributed by atoms with Crippen LogP contribution in [-0.4, -0.2) is 34.2 Å². The second-order valence-electron chi connectivity index (χ2n) is 6.48. The number of aromatic nitrogens is 2. The summed E-state index contributed by atoms with van der Waals surface area (Å²) >= 11 is 0. The second kappa shape index (κ2) is 7.63. The Bertz CT molecular complexity index is 746. The number of halogens is 1. The lowest BCUT2D eigenvalue weighted by Gasteiger charge is -2.32. The van der Waals surface area contributed by atoms with Crippen molar-refractivity contribution < 1.29 is 13.7 Å². The smallest absolute Gasteiger partial charge is 0.321 e. The third kappa shape index (κ3) is 4.35. The van der Waals surface area contributed by atoms with E-state index in [-0.39, 0.29) is 11.8 Å². The third-order valence-corrected chi connectivity index (χ3v) is 4.53. The van der Waals surface area contributed by atoms with Crippen molar-refractivity contribution in [1.29, 1.82) is 0 Å². The highest BCUT2D eigenvalue weighted by atomic mass is 19.1. The molecule has 0 bridgehead atoms. The van der Waals surface area contributed by atoms with Crippen LogP contribution in [0.5, 0.6) is 0 Å². The highest BCUT2D eigenvalue weighted by Crippen LogP contribution is 2.21. The summed E-state index contributed by atoms with van der Waals surface area (Å²) in [4.78, 5) is 18.5. The number of hydrogen-bond acceptors (Lipinski definition) is 4. The Hall–Kier alpha value is -2.44. The lowest BCUT2D eigenvalue weighted by atomic mass is 9.95. The molecule has 134 valence electrons. The van der Waals surface area contributed by atoms with Crippen LogP contribution in [0.2, 0.25) is 0 Å². The monoisotopic (exact) mass is 346 g/mol. The van der Waals surface area contributed by atoms with Crippen molar-refractivity contribution in [3.63, 3.8) is 0 Å². The number of anilines is 1. The molecule has 25 heavy (non-hydrogen) atoms. The van der Waals surface area contributed by atoms with E-state index in [2.05, 4.69) is 15.5 Å². The van der Waals surface area contributed by atoms with Crippen LogP contribution in [0.25, 0.3) is 0 Å². The molecule has 0 unspecified atom stereocenters. The molecule has 1 fully saturated rings. The van der Waals surface area contributed by atoms with Crippen molar-refractivity contribution in [2.45, 2.75) is 39.5 Å². The van der Waals surface area contributed by atoms with E-state index in [1.165, 1.54) is 6.07 Å². The molecule has 7 heteroatoms. The average Bonchev–Trinajstić information content (AvgIpc) is 3.00. The lowest BCUT2D eigenvalue weighted by molar-refractivity contribution is 0.176. The number of piperidine rings is 1. The summed E-state index contributed by atoms with van der Waals surface area (Å²) in [6, 6.07) is 4.63. The number of nitrogens with zero attached hydrogens (tertiary/aromatic N) is 3. The van der Waals surface area contributed by atoms with Gasteiger partial charge in [-0.15, -0.1) is 0 Å². The average molecular weight is 346 g/mol. The molecule has 0 aliphatic carbocycles. The molecule has 1 N–H and O–H groups in total. The Balaban J connectivity index is 1.59. The Kier molecular flexibility index (Phi) is 5.31. The summed E-state index contributed by atoms with van der Waals surface area (Å²) in [5.41, 5.74) is 1.13. The molecule has 1 aromatic heterocycles. The molecule has 2 amide bonds. The van der Waals surface area contributed by atoms with Gasteiger partial charge in [0.25, 0.3) is 0 Å². The first kappa shape index (κ1) is 17.4. The van der Waals surface area contributed by atoms with Gasteiger partial charge in [0.2, 0.25) is 5.89 Å². The van der Waals surface area contributed by atoms with E-state index in [0.717, 1.165) is 12.8 Å². The van der Waals surface area contributed by atoms with E-state index in [1.807, 2.05) is 6.92 Å². The molecule has 1 aromatic carbocycles. The maximum Gasteiger partial charge on any atom is 0.321 e. The topological polar surface area (TPSA) is 71.3 Å². The minimum absolute atomic E-state index is 0.197. The molecule has 6 nitrogen and oxygen atoms in total. The molecule has 0 saturated carbocycles. The maximum atomic E-state index is 13.9. The Labute approximate surface area is 146 Å². The van der Waals surface area contributed by atoms with Crippen LogP contribution in [0.15, 0.2) is 22.7 Å². The zero-order valence-electron chi connectivity index (χ0n) is 14.6. The fourth-order valence-electron chi connectivity index (χ4n) is 3.21. The molecular weight excluding hydrogens is 323 g/mol. The first-order valence-electron chi connectivity index (χ1n) is 8.68. The SMILES string of the molecule is CCc1ccc(NC(=O)N2CCC[C@H](Cc3noc(C)n3)C2)cc1F. The van der Waals surface area contributed by atoms with Crippen LogP contribution in [-0.2, 0) is 12.8 Å². The van der Waals surface area contributed by atoms with Crippen LogP contribution in [0.3, 0.4) is 0 Å². The van der Waals surface area contributed by atoms with Gasteiger partial charge in [-0.05, 0) is 42.9 Å². The number of carbonyl (C=O) groups excluding carboxylic acids is 1. The van der Waals surface area contributed by atoms with Crippen LogP contribution in [0, 0.1) is 18.7 Å². The zero-order valence-corrected chi connectivity index (χ0v) is 14.6. The van der Waals surface area contributed by atoms with Crippen molar-refractivity contribution in [3.8, 4) is 0 Å². The van der Waals surface area contributed by atoms with Crippen molar-refractivity contribution in [3.05, 3.63) is 41.3 Å². The number of hydrogen-bond donors (Lipinski definition) is 1. The standard InChI is InChI=1S/C18H23FN4O2/c1-3-14-6-7-15(10-16(14)19)21-18(24)23-8-4-5-13(11-23)9-17-20-12(2)25-22-17/h6-7,10,13H,3-5,8-9,11H2,1-2H3,(H,21,24)/t13-/m1/s1. The summed E-state index contributed by atoms with van der Waals surface area (Å²) in [7, 11) is 0. The Morgan fingerprint density at radius 2 is 2.32 bits per heavy atom. The molecule has 1 aliphatic rings. The van der Waals surface area contributed by atoms with Gasteiger partial charge in [-0.3, -0.25) is 0 Å². The van der Waals surface area contributed by atoms with Crippen LogP contribution < -0.4 is 5.32 Å². The molecule has 1 aliphatic heterocycles. The zero-order chi connectivity index (χ0) is 17.8. The largest absolute Gasteiger partial charge is 0.340 e. The van der Waals surface area contributed by atoms with Gasteiger partial charge in [0.05, 0.1) is 0 Å². The molecule has 1 atom stereocenters. The van der Waals surface area contributed by atoms with Gasteiger partial charge in [-0.2, -0.15) is 4.98 Å². The minimum Gasteiger partial charge on any atom is -0.340 e. The molecule has 3 rings (SSSR count). The fourth-order valence-corrected chi connectivity index (χ4v) is 3.21. The highest BCUT2D eigenvalue weighted by molar-refractivity contribution is 5.89. The Morgan fingerprint density at radius 3 is 3.00 bits per heavy atom. The summed E-state index contributed by atoms with van der Waals surface area (Å²) in [6.45, 7) is 4.99. The molecule has 0 radical (unpaired) electrons. The van der Waals surface area contributed by atoms with E-state index >= 15 is 0 Å². The lowest BCUT2D eigenvalue weighted by Crippen LogP contribution is -2.42. The van der Waals surface area contributed by atoms with E-state index in [1.54, 1.807) is 24.0 Å². The summed E-state index contributed by atoms with van der Waals surface area (Å²) in [5.74, 6) is 1.25. The normalized spacial score (nSPS) is 17.6. The molecular formula is C18H23FN4O2. The summed E-state index contributed by atoms with van der Waals surface area (Å²) < 4.78 is 18.9. The number of likely N-dealkylation sites (tertiary alicyclic amines) is 1. The maximum absolute atomic E-state index is 13.9. The number of rotatable bonds is 4. The van der Waals surface area contributed by atoms with Crippen LogP contribution in [0.4, 0.5) is 14.9 Å². The van der Waals surface area contributed by atoms with Gasteiger partial charge in [0, 0.05) is 32.1 Å². The molecule has 0 spiro atoms. The predicted octanol–water partition coefficient (Wildman–Crippen LogP) is 3.57. The summed E-state index contributed by atoms with van der Waals surface area (Å²) in [5, 5.41) is 6.72. The minimum atomic E-state index is -0.288. The first-order chi connectivity index (χ1) is 12.0. The molecule has 2 heterocycles. The third-order valence-electron chi connectivity index (χ3n) is 4.53. The number of benzene rings is 1. The van der Waals surface area contributed by atoms with E-state index < -0.39 is 0 Å². The number of urea groups is 1. The van der Waals surface area contributed by atoms with Crippen molar-refractivity contribution in [1.82, 2.24) is 15.0 Å². The van der Waals surface area contributed by atoms with E-state index in [4.69, 9.17) is 4.52 Å². The molecule has 1 saturated heterocycles. The number of nitrogens with one attached hydrogen (secondary N) is 1. The van der Waals surface area contributed by atoms with Gasteiger partial charge in [0.1, 0.15) is 5.82 Å². The Morgan fingerprint density at radius 1 is 1.48 bits per heavy atom. The van der Waals surface area contributed by atoms with Crippen LogP contribution in [0.1, 0.15) is 37.0 Å². The van der Waals surface area contributed by atoms with Gasteiger partial charge >= 0.3 is 6.03 Å². The van der Waals surface area contributed by atoms with Crippen molar-refractivity contribution in [2.75, 3.05) is 18.4 Å². The van der Waals surface area contributed by atoms with Crippen molar-refractivity contribution in [2.24, 2.45) is 5.92 Å². The van der Waals surface area contributed by atoms with Gasteiger partial charge in [0.15, 0.2) is 5.82 Å². The van der Waals surface area contributed by atoms with Gasteiger partial charge in [-0.25, -0.2) is 9.18 Å². The van der Waals surface area contributed by atoms with Crippen LogP contribution >= 0.6 is 0 Å². The number of carbonyl (C=O) groups is 1. The highest BCUT2D eigenvalue weighted by Gasteiger charge is 2.25. The van der Waals surface area contributed by atoms with Gasteiger partial charge < -0.3 is 14.7 Å². The summed E-state index contributed by atoms with van der Waals surface area (Å²) in [6.07, 6.45) is 3.28. The van der Waals surface area contributed by atoms with Crippen molar-refractivity contribution >= 4 is 11.7 Å². The molecule has 2 aromatic rings. The van der Waals surface area contributed by atoms with Gasteiger partial charge in [-0.1, -0.05) is 18.1 Å². The predicted molar refractivity (Wildman–Crippen MR) is 91.8 cm³/mol. The number of aryl methyl sites for hydroxylation is 2. The second-order valence-corrected chi connectivity index (χ2v) is 6.48. The van der Waals surface area contributed by atoms with E-state index in [9.17, 15) is 9.18 Å².